The number of methoxy groups -OCH3 is 1. The number of ether oxygens (including phenoxy) is 1. The molecule has 2 N–H and O–H groups in total. The van der Waals surface area contributed by atoms with Crippen LogP contribution < -0.4 is 15.4 Å². The van der Waals surface area contributed by atoms with Crippen LogP contribution in [0.25, 0.3) is 0 Å². The Labute approximate surface area is 185 Å². The molecule has 1 amide bonds. The van der Waals surface area contributed by atoms with E-state index in [9.17, 15) is 18.0 Å². The van der Waals surface area contributed by atoms with Crippen LogP contribution in [0.4, 0.5) is 18.9 Å². The highest BCUT2D eigenvalue weighted by Crippen LogP contribution is 2.30. The van der Waals surface area contributed by atoms with Gasteiger partial charge in [0.1, 0.15) is 11.8 Å². The van der Waals surface area contributed by atoms with Crippen LogP contribution in [0.1, 0.15) is 28.3 Å². The van der Waals surface area contributed by atoms with E-state index in [2.05, 4.69) is 0 Å². The predicted octanol–water partition coefficient (Wildman–Crippen LogP) is 5.30. The van der Waals surface area contributed by atoms with E-state index in [0.29, 0.717) is 29.0 Å². The SMILES string of the molecule is COc1cc(N(CCc2ccc(C(F)(F)F)cc2)C(=O)C(N)c2ccccc2)ccc1C. The molecule has 0 spiro atoms. The van der Waals surface area contributed by atoms with Crippen molar-refractivity contribution in [2.24, 2.45) is 5.73 Å². The minimum absolute atomic E-state index is 0.247. The molecule has 0 aliphatic heterocycles. The van der Waals surface area contributed by atoms with Gasteiger partial charge in [-0.25, -0.2) is 0 Å². The Morgan fingerprint density at radius 3 is 2.28 bits per heavy atom. The van der Waals surface area contributed by atoms with Gasteiger partial charge in [0, 0.05) is 18.3 Å². The third kappa shape index (κ3) is 5.48. The van der Waals surface area contributed by atoms with Gasteiger partial charge in [0.25, 0.3) is 0 Å². The average molecular weight is 442 g/mol. The molecule has 168 valence electrons. The van der Waals surface area contributed by atoms with Crippen LogP contribution in [0.3, 0.4) is 0 Å². The minimum Gasteiger partial charge on any atom is -0.496 e. The van der Waals surface area contributed by atoms with Crippen molar-refractivity contribution in [3.05, 3.63) is 95.1 Å². The monoisotopic (exact) mass is 442 g/mol. The summed E-state index contributed by atoms with van der Waals surface area (Å²) in [7, 11) is 1.55. The summed E-state index contributed by atoms with van der Waals surface area (Å²) in [5.74, 6) is 0.317. The second-order valence-corrected chi connectivity index (χ2v) is 7.48. The molecule has 0 fully saturated rings. The van der Waals surface area contributed by atoms with E-state index in [4.69, 9.17) is 10.5 Å². The minimum atomic E-state index is -4.39. The zero-order valence-corrected chi connectivity index (χ0v) is 17.9. The molecule has 0 heterocycles. The summed E-state index contributed by atoms with van der Waals surface area (Å²) in [5.41, 5.74) is 8.44. The molecule has 0 aliphatic rings. The second-order valence-electron chi connectivity index (χ2n) is 7.48. The molecule has 1 atom stereocenters. The standard InChI is InChI=1S/C25H25F3N2O2/c1-17-8-13-21(16-22(17)32-2)30(24(31)23(29)19-6-4-3-5-7-19)15-14-18-9-11-20(12-10-18)25(26,27)28/h3-13,16,23H,14-15,29H2,1-2H3. The molecular formula is C25H25F3N2O2. The largest absolute Gasteiger partial charge is 0.496 e. The lowest BCUT2D eigenvalue weighted by atomic mass is 10.0. The lowest BCUT2D eigenvalue weighted by Gasteiger charge is -2.27. The number of alkyl halides is 3. The maximum absolute atomic E-state index is 13.3. The molecule has 3 rings (SSSR count). The average Bonchev–Trinajstić information content (AvgIpc) is 2.79. The van der Waals surface area contributed by atoms with Crippen LogP contribution in [0.5, 0.6) is 5.75 Å². The Hall–Kier alpha value is -3.32. The highest BCUT2D eigenvalue weighted by Gasteiger charge is 2.30. The summed E-state index contributed by atoms with van der Waals surface area (Å²) in [6, 6.07) is 18.5. The van der Waals surface area contributed by atoms with Crippen LogP contribution >= 0.6 is 0 Å². The summed E-state index contributed by atoms with van der Waals surface area (Å²) in [6.07, 6.45) is -4.02. The Morgan fingerprint density at radius 1 is 1.03 bits per heavy atom. The molecule has 3 aromatic rings. The first-order valence-electron chi connectivity index (χ1n) is 10.1. The number of amides is 1. The lowest BCUT2D eigenvalue weighted by molar-refractivity contribution is -0.137. The first kappa shape index (κ1) is 23.3. The summed E-state index contributed by atoms with van der Waals surface area (Å²) >= 11 is 0. The summed E-state index contributed by atoms with van der Waals surface area (Å²) in [4.78, 5) is 14.9. The maximum Gasteiger partial charge on any atom is 0.416 e. The number of carbonyl (C=O) groups excluding carboxylic acids is 1. The smallest absolute Gasteiger partial charge is 0.416 e. The third-order valence-corrected chi connectivity index (χ3v) is 5.30. The van der Waals surface area contributed by atoms with Crippen molar-refractivity contribution in [3.63, 3.8) is 0 Å². The number of anilines is 1. The van der Waals surface area contributed by atoms with E-state index in [1.807, 2.05) is 31.2 Å². The molecule has 1 unspecified atom stereocenters. The van der Waals surface area contributed by atoms with E-state index in [-0.39, 0.29) is 12.5 Å². The number of halogens is 3. The Morgan fingerprint density at radius 2 is 1.69 bits per heavy atom. The molecule has 0 aliphatic carbocycles. The molecule has 7 heteroatoms. The summed E-state index contributed by atoms with van der Waals surface area (Å²) in [5, 5.41) is 0. The second kappa shape index (κ2) is 9.87. The van der Waals surface area contributed by atoms with Crippen LogP contribution in [0.15, 0.2) is 72.8 Å². The fourth-order valence-corrected chi connectivity index (χ4v) is 3.42. The zero-order chi connectivity index (χ0) is 23.3. The van der Waals surface area contributed by atoms with Gasteiger partial charge in [0.05, 0.1) is 12.7 Å². The number of benzene rings is 3. The number of rotatable bonds is 7. The number of nitrogens with zero attached hydrogens (tertiary/aromatic N) is 1. The van der Waals surface area contributed by atoms with Crippen molar-refractivity contribution in [2.45, 2.75) is 25.6 Å². The molecular weight excluding hydrogens is 417 g/mol. The molecule has 32 heavy (non-hydrogen) atoms. The van der Waals surface area contributed by atoms with Gasteiger partial charge in [-0.15, -0.1) is 0 Å². The van der Waals surface area contributed by atoms with E-state index >= 15 is 0 Å². The summed E-state index contributed by atoms with van der Waals surface area (Å²) < 4.78 is 43.9. The first-order valence-corrected chi connectivity index (χ1v) is 10.1. The van der Waals surface area contributed by atoms with Gasteiger partial charge in [-0.1, -0.05) is 48.5 Å². The fraction of sp³-hybridized carbons (Fsp3) is 0.240. The summed E-state index contributed by atoms with van der Waals surface area (Å²) in [6.45, 7) is 2.14. The lowest BCUT2D eigenvalue weighted by Crippen LogP contribution is -2.40. The highest BCUT2D eigenvalue weighted by atomic mass is 19.4. The third-order valence-electron chi connectivity index (χ3n) is 5.30. The van der Waals surface area contributed by atoms with Gasteiger partial charge in [-0.05, 0) is 48.2 Å². The van der Waals surface area contributed by atoms with Crippen LogP contribution in [0.2, 0.25) is 0 Å². The van der Waals surface area contributed by atoms with Crippen molar-refractivity contribution in [2.75, 3.05) is 18.6 Å². The van der Waals surface area contributed by atoms with Crippen LogP contribution in [-0.2, 0) is 17.4 Å². The van der Waals surface area contributed by atoms with Gasteiger partial charge >= 0.3 is 6.18 Å². The molecule has 0 radical (unpaired) electrons. The molecule has 0 saturated heterocycles. The molecule has 4 nitrogen and oxygen atoms in total. The molecule has 0 saturated carbocycles. The Kier molecular flexibility index (Phi) is 7.20. The topological polar surface area (TPSA) is 55.6 Å². The number of hydrogen-bond donors (Lipinski definition) is 1. The first-order chi connectivity index (χ1) is 15.2. The number of nitrogens with two attached hydrogens (primary N) is 1. The van der Waals surface area contributed by atoms with Gasteiger partial charge in [-0.3, -0.25) is 4.79 Å². The van der Waals surface area contributed by atoms with E-state index in [1.54, 1.807) is 36.3 Å². The van der Waals surface area contributed by atoms with Crippen LogP contribution in [-0.4, -0.2) is 19.6 Å². The molecule has 3 aromatic carbocycles. The fourth-order valence-electron chi connectivity index (χ4n) is 3.42. The Balaban J connectivity index is 1.87. The van der Waals surface area contributed by atoms with Crippen molar-refractivity contribution < 1.29 is 22.7 Å². The Bertz CT molecular complexity index is 1050. The maximum atomic E-state index is 13.3. The van der Waals surface area contributed by atoms with Crippen molar-refractivity contribution in [3.8, 4) is 5.75 Å². The van der Waals surface area contributed by atoms with Crippen molar-refractivity contribution in [1.82, 2.24) is 0 Å². The normalized spacial score (nSPS) is 12.3. The zero-order valence-electron chi connectivity index (χ0n) is 17.9. The predicted molar refractivity (Wildman–Crippen MR) is 119 cm³/mol. The number of carbonyl (C=O) groups is 1. The molecule has 0 aromatic heterocycles. The van der Waals surface area contributed by atoms with Crippen molar-refractivity contribution in [1.29, 1.82) is 0 Å². The van der Waals surface area contributed by atoms with Crippen LogP contribution in [0, 0.1) is 6.92 Å². The quantitative estimate of drug-likeness (QED) is 0.540. The van der Waals surface area contributed by atoms with E-state index in [1.165, 1.54) is 12.1 Å². The van der Waals surface area contributed by atoms with Gasteiger partial charge in [-0.2, -0.15) is 13.2 Å². The van der Waals surface area contributed by atoms with Gasteiger partial charge in [0.15, 0.2) is 0 Å². The number of hydrogen-bond acceptors (Lipinski definition) is 3. The van der Waals surface area contributed by atoms with Gasteiger partial charge in [0.2, 0.25) is 5.91 Å². The van der Waals surface area contributed by atoms with E-state index in [0.717, 1.165) is 17.7 Å². The van der Waals surface area contributed by atoms with Crippen molar-refractivity contribution >= 4 is 11.6 Å². The molecule has 0 bridgehead atoms. The number of aryl methyl sites for hydroxylation is 1. The van der Waals surface area contributed by atoms with Gasteiger partial charge < -0.3 is 15.4 Å². The van der Waals surface area contributed by atoms with E-state index < -0.39 is 17.8 Å². The highest BCUT2D eigenvalue weighted by molar-refractivity contribution is 5.98.